The van der Waals surface area contributed by atoms with Crippen LogP contribution in [0.15, 0.2) is 46.6 Å². The Morgan fingerprint density at radius 2 is 2.20 bits per heavy atom. The lowest BCUT2D eigenvalue weighted by atomic mass is 10.3. The van der Waals surface area contributed by atoms with Crippen LogP contribution >= 0.6 is 27.3 Å². The van der Waals surface area contributed by atoms with Crippen molar-refractivity contribution in [3.63, 3.8) is 0 Å². The van der Waals surface area contributed by atoms with Gasteiger partial charge in [0.25, 0.3) is 5.91 Å². The van der Waals surface area contributed by atoms with E-state index in [1.807, 2.05) is 30.6 Å². The van der Waals surface area contributed by atoms with Crippen LogP contribution < -0.4 is 5.32 Å². The highest BCUT2D eigenvalue weighted by Crippen LogP contribution is 2.25. The Bertz CT molecular complexity index is 1030. The number of carbonyl (C=O) groups is 1. The number of carbonyl (C=O) groups excluding carboxylic acids is 1. The minimum Gasteiger partial charge on any atom is -0.346 e. The fourth-order valence-electron chi connectivity index (χ4n) is 2.56. The van der Waals surface area contributed by atoms with E-state index in [9.17, 15) is 4.79 Å². The largest absolute Gasteiger partial charge is 0.346 e. The second-order valence-corrected chi connectivity index (χ2v) is 7.15. The molecule has 0 radical (unpaired) electrons. The monoisotopic (exact) mass is 416 g/mol. The van der Waals surface area contributed by atoms with Gasteiger partial charge in [0.1, 0.15) is 5.56 Å². The molecule has 0 aromatic carbocycles. The Balaban J connectivity index is 1.63. The van der Waals surface area contributed by atoms with Gasteiger partial charge in [0, 0.05) is 13.2 Å². The first-order valence-electron chi connectivity index (χ1n) is 7.46. The minimum absolute atomic E-state index is 0.223. The molecule has 4 rings (SSSR count). The summed E-state index contributed by atoms with van der Waals surface area (Å²) in [6.07, 6.45) is 4.94. The van der Waals surface area contributed by atoms with Gasteiger partial charge >= 0.3 is 0 Å². The van der Waals surface area contributed by atoms with Crippen LogP contribution in [0, 0.1) is 0 Å². The third kappa shape index (κ3) is 2.85. The molecule has 4 aromatic heterocycles. The van der Waals surface area contributed by atoms with Crippen LogP contribution in [0.2, 0.25) is 0 Å². The summed E-state index contributed by atoms with van der Waals surface area (Å²) in [5.74, 6) is -0.223. The van der Waals surface area contributed by atoms with E-state index in [-0.39, 0.29) is 5.91 Å². The standard InChI is InChI=1S/C16H13BrN6OS/c1-22-13(11(17)8-20-22)9-19-16(24)10-7-21-23-12(4-5-18-15(10)23)14-3-2-6-25-14/h2-8H,9H2,1H3,(H,19,24). The minimum atomic E-state index is -0.223. The number of nitrogens with one attached hydrogen (secondary N) is 1. The molecule has 0 saturated heterocycles. The van der Waals surface area contributed by atoms with Crippen molar-refractivity contribution in [2.75, 3.05) is 0 Å². The maximum absolute atomic E-state index is 12.6. The van der Waals surface area contributed by atoms with E-state index in [0.29, 0.717) is 17.8 Å². The van der Waals surface area contributed by atoms with Crippen LogP contribution in [0.1, 0.15) is 16.1 Å². The third-order valence-corrected chi connectivity index (χ3v) is 5.40. The number of halogens is 1. The summed E-state index contributed by atoms with van der Waals surface area (Å²) in [4.78, 5) is 18.0. The molecule has 0 fully saturated rings. The van der Waals surface area contributed by atoms with E-state index in [1.165, 1.54) is 0 Å². The number of rotatable bonds is 4. The van der Waals surface area contributed by atoms with Crippen LogP contribution in [0.4, 0.5) is 0 Å². The Hall–Kier alpha value is -2.52. The molecule has 1 amide bonds. The molecule has 1 N–H and O–H groups in total. The summed E-state index contributed by atoms with van der Waals surface area (Å²) in [6.45, 7) is 0.359. The predicted molar refractivity (Wildman–Crippen MR) is 98.4 cm³/mol. The van der Waals surface area contributed by atoms with Gasteiger partial charge < -0.3 is 5.32 Å². The molecule has 0 spiro atoms. The predicted octanol–water partition coefficient (Wildman–Crippen LogP) is 2.88. The molecule has 7 nitrogen and oxygen atoms in total. The molecule has 0 bridgehead atoms. The van der Waals surface area contributed by atoms with Gasteiger partial charge in [-0.15, -0.1) is 11.3 Å². The Morgan fingerprint density at radius 3 is 2.92 bits per heavy atom. The van der Waals surface area contributed by atoms with E-state index in [1.54, 1.807) is 39.1 Å². The van der Waals surface area contributed by atoms with Crippen molar-refractivity contribution in [1.82, 2.24) is 29.7 Å². The maximum atomic E-state index is 12.6. The van der Waals surface area contributed by atoms with E-state index in [0.717, 1.165) is 20.7 Å². The molecule has 25 heavy (non-hydrogen) atoms. The Labute approximate surface area is 155 Å². The summed E-state index contributed by atoms with van der Waals surface area (Å²) < 4.78 is 4.27. The highest BCUT2D eigenvalue weighted by molar-refractivity contribution is 9.10. The van der Waals surface area contributed by atoms with Crippen LogP contribution in [0.25, 0.3) is 16.2 Å². The number of amides is 1. The lowest BCUT2D eigenvalue weighted by Crippen LogP contribution is -2.24. The van der Waals surface area contributed by atoms with Gasteiger partial charge in [-0.2, -0.15) is 10.2 Å². The topological polar surface area (TPSA) is 77.1 Å². The smallest absolute Gasteiger partial charge is 0.257 e. The van der Waals surface area contributed by atoms with Crippen LogP contribution in [-0.4, -0.2) is 30.3 Å². The first kappa shape index (κ1) is 16.0. The van der Waals surface area contributed by atoms with Crippen molar-refractivity contribution in [2.45, 2.75) is 6.54 Å². The molecule has 9 heteroatoms. The second-order valence-electron chi connectivity index (χ2n) is 5.35. The van der Waals surface area contributed by atoms with E-state index >= 15 is 0 Å². The van der Waals surface area contributed by atoms with Crippen molar-refractivity contribution >= 4 is 38.8 Å². The number of hydrogen-bond donors (Lipinski definition) is 1. The zero-order chi connectivity index (χ0) is 17.4. The number of fused-ring (bicyclic) bond motifs is 1. The highest BCUT2D eigenvalue weighted by Gasteiger charge is 2.17. The van der Waals surface area contributed by atoms with Gasteiger partial charge in [0.15, 0.2) is 5.65 Å². The van der Waals surface area contributed by atoms with Crippen molar-refractivity contribution in [2.24, 2.45) is 7.05 Å². The average Bonchev–Trinajstić information content (AvgIpc) is 3.34. The lowest BCUT2D eigenvalue weighted by Gasteiger charge is -2.06. The van der Waals surface area contributed by atoms with Crippen LogP contribution in [0.5, 0.6) is 0 Å². The van der Waals surface area contributed by atoms with Crippen LogP contribution in [-0.2, 0) is 13.6 Å². The summed E-state index contributed by atoms with van der Waals surface area (Å²) >= 11 is 5.04. The van der Waals surface area contributed by atoms with Crippen molar-refractivity contribution in [3.05, 3.63) is 57.9 Å². The molecule has 0 saturated carbocycles. The Morgan fingerprint density at radius 1 is 1.32 bits per heavy atom. The van der Waals surface area contributed by atoms with Gasteiger partial charge in [-0.3, -0.25) is 9.48 Å². The molecule has 4 aromatic rings. The van der Waals surface area contributed by atoms with Gasteiger partial charge in [0.05, 0.1) is 39.7 Å². The SMILES string of the molecule is Cn1ncc(Br)c1CNC(=O)c1cnn2c(-c3cccs3)ccnc12. The van der Waals surface area contributed by atoms with Crippen molar-refractivity contribution < 1.29 is 4.79 Å². The van der Waals surface area contributed by atoms with Crippen LogP contribution in [0.3, 0.4) is 0 Å². The van der Waals surface area contributed by atoms with Crippen molar-refractivity contribution in [1.29, 1.82) is 0 Å². The normalized spacial score (nSPS) is 11.1. The molecule has 0 aliphatic rings. The summed E-state index contributed by atoms with van der Waals surface area (Å²) in [6, 6.07) is 5.89. The fraction of sp³-hybridized carbons (Fsp3) is 0.125. The van der Waals surface area contributed by atoms with Gasteiger partial charge in [-0.25, -0.2) is 9.50 Å². The van der Waals surface area contributed by atoms with Gasteiger partial charge in [-0.1, -0.05) is 6.07 Å². The van der Waals surface area contributed by atoms with Gasteiger partial charge in [-0.05, 0) is 33.4 Å². The molecule has 0 unspecified atom stereocenters. The molecule has 0 aliphatic carbocycles. The third-order valence-electron chi connectivity index (χ3n) is 3.85. The first-order chi connectivity index (χ1) is 12.1. The zero-order valence-electron chi connectivity index (χ0n) is 13.2. The molecule has 0 atom stereocenters. The summed E-state index contributed by atoms with van der Waals surface area (Å²) in [5.41, 5.74) is 2.77. The van der Waals surface area contributed by atoms with E-state index in [4.69, 9.17) is 0 Å². The molecular weight excluding hydrogens is 404 g/mol. The van der Waals surface area contributed by atoms with E-state index < -0.39 is 0 Å². The van der Waals surface area contributed by atoms with Crippen molar-refractivity contribution in [3.8, 4) is 10.6 Å². The second kappa shape index (κ2) is 6.41. The average molecular weight is 417 g/mol. The quantitative estimate of drug-likeness (QED) is 0.554. The number of thiophene rings is 1. The lowest BCUT2D eigenvalue weighted by molar-refractivity contribution is 0.0951. The zero-order valence-corrected chi connectivity index (χ0v) is 15.6. The molecule has 4 heterocycles. The number of aryl methyl sites for hydroxylation is 1. The summed E-state index contributed by atoms with van der Waals surface area (Å²) in [7, 11) is 1.83. The van der Waals surface area contributed by atoms with Gasteiger partial charge in [0.2, 0.25) is 0 Å². The fourth-order valence-corrected chi connectivity index (χ4v) is 3.78. The highest BCUT2D eigenvalue weighted by atomic mass is 79.9. The maximum Gasteiger partial charge on any atom is 0.257 e. The number of hydrogen-bond acceptors (Lipinski definition) is 5. The summed E-state index contributed by atoms with van der Waals surface area (Å²) in [5, 5.41) is 13.4. The Kier molecular flexibility index (Phi) is 4.10. The molecule has 126 valence electrons. The van der Waals surface area contributed by atoms with E-state index in [2.05, 4.69) is 36.4 Å². The first-order valence-corrected chi connectivity index (χ1v) is 9.13. The number of nitrogens with zero attached hydrogens (tertiary/aromatic N) is 5. The number of aromatic nitrogens is 5. The molecule has 0 aliphatic heterocycles. The molecular formula is C16H13BrN6OS.